The van der Waals surface area contributed by atoms with E-state index in [-0.39, 0.29) is 12.1 Å². The van der Waals surface area contributed by atoms with Crippen LogP contribution in [0.1, 0.15) is 54.8 Å². The Morgan fingerprint density at radius 2 is 1.69 bits per heavy atom. The van der Waals surface area contributed by atoms with Gasteiger partial charge < -0.3 is 15.0 Å². The van der Waals surface area contributed by atoms with E-state index < -0.39 is 0 Å². The highest BCUT2D eigenvalue weighted by Gasteiger charge is 2.38. The number of para-hydroxylation sites is 1. The first-order valence-electron chi connectivity index (χ1n) is 11.0. The van der Waals surface area contributed by atoms with Crippen molar-refractivity contribution in [1.82, 2.24) is 9.88 Å². The maximum absolute atomic E-state index is 9.39. The first-order chi connectivity index (χ1) is 14.1. The maximum Gasteiger partial charge on any atom is 0.0459 e. The third-order valence-corrected chi connectivity index (χ3v) is 7.08. The molecule has 1 aliphatic carbocycles. The van der Waals surface area contributed by atoms with E-state index in [1.165, 1.54) is 53.4 Å². The van der Waals surface area contributed by atoms with Crippen LogP contribution in [0.2, 0.25) is 0 Å². The largest absolute Gasteiger partial charge is 0.396 e. The predicted octanol–water partition coefficient (Wildman–Crippen LogP) is 5.29. The summed E-state index contributed by atoms with van der Waals surface area (Å²) < 4.78 is 0. The van der Waals surface area contributed by atoms with Gasteiger partial charge in [0.1, 0.15) is 0 Å². The van der Waals surface area contributed by atoms with E-state index in [0.29, 0.717) is 5.92 Å². The van der Waals surface area contributed by atoms with Crippen LogP contribution in [0, 0.1) is 0 Å². The molecule has 1 aliphatic rings. The molecule has 1 fully saturated rings. The number of nitrogens with one attached hydrogen (secondary N) is 1. The number of H-pyrrole nitrogens is 1. The van der Waals surface area contributed by atoms with Crippen molar-refractivity contribution >= 4 is 10.9 Å². The van der Waals surface area contributed by atoms with Crippen LogP contribution in [0.3, 0.4) is 0 Å². The molecule has 1 aromatic heterocycles. The molecule has 0 spiro atoms. The number of aliphatic hydroxyl groups excluding tert-OH is 1. The second-order valence-corrected chi connectivity index (χ2v) is 8.95. The van der Waals surface area contributed by atoms with Crippen molar-refractivity contribution in [3.63, 3.8) is 0 Å². The third kappa shape index (κ3) is 4.12. The fourth-order valence-corrected chi connectivity index (χ4v) is 5.30. The number of likely N-dealkylation sites (N-methyl/N-ethyl adjacent to an activating group) is 1. The average Bonchev–Trinajstić information content (AvgIpc) is 3.12. The zero-order valence-corrected chi connectivity index (χ0v) is 17.8. The van der Waals surface area contributed by atoms with Crippen molar-refractivity contribution in [3.05, 3.63) is 71.4 Å². The van der Waals surface area contributed by atoms with Crippen LogP contribution in [0.25, 0.3) is 10.9 Å². The molecule has 0 saturated heterocycles. The quantitative estimate of drug-likeness (QED) is 0.575. The van der Waals surface area contributed by atoms with Gasteiger partial charge in [-0.25, -0.2) is 0 Å². The van der Waals surface area contributed by atoms with Crippen molar-refractivity contribution in [1.29, 1.82) is 0 Å². The van der Waals surface area contributed by atoms with Gasteiger partial charge in [-0.2, -0.15) is 0 Å². The first kappa shape index (κ1) is 20.2. The summed E-state index contributed by atoms with van der Waals surface area (Å²) >= 11 is 0. The Kier molecular flexibility index (Phi) is 6.07. The summed E-state index contributed by atoms with van der Waals surface area (Å²) in [6.07, 6.45) is 7.76. The molecule has 4 rings (SSSR count). The minimum atomic E-state index is 0.245. The molecule has 0 radical (unpaired) electrons. The lowest BCUT2D eigenvalue weighted by molar-refractivity contribution is 0.0920. The SMILES string of the molecule is CN(C)C1(Cc2ccccc2)CCC(c2[nH]c3ccccc3c2CCCO)CC1. The fraction of sp³-hybridized carbons (Fsp3) is 0.462. The number of aromatic nitrogens is 1. The molecule has 0 atom stereocenters. The molecule has 0 bridgehead atoms. The Morgan fingerprint density at radius 1 is 1.00 bits per heavy atom. The molecule has 2 aromatic carbocycles. The van der Waals surface area contributed by atoms with Crippen molar-refractivity contribution < 1.29 is 5.11 Å². The van der Waals surface area contributed by atoms with Gasteiger partial charge in [-0.1, -0.05) is 48.5 Å². The van der Waals surface area contributed by atoms with Gasteiger partial charge in [-0.3, -0.25) is 0 Å². The van der Waals surface area contributed by atoms with Gasteiger partial charge in [0, 0.05) is 28.7 Å². The van der Waals surface area contributed by atoms with Gasteiger partial charge in [-0.15, -0.1) is 0 Å². The number of hydrogen-bond acceptors (Lipinski definition) is 2. The number of rotatable bonds is 7. The standard InChI is InChI=1S/C26H34N2O/c1-28(2)26(19-20-9-4-3-5-10-20)16-14-21(15-17-26)25-23(12-8-18-29)22-11-6-7-13-24(22)27-25/h3-7,9-11,13,21,27,29H,8,12,14-19H2,1-2H3. The van der Waals surface area contributed by atoms with Crippen molar-refractivity contribution in [2.45, 2.75) is 56.4 Å². The minimum Gasteiger partial charge on any atom is -0.396 e. The monoisotopic (exact) mass is 390 g/mol. The second-order valence-electron chi connectivity index (χ2n) is 8.95. The Labute approximate surface area is 174 Å². The lowest BCUT2D eigenvalue weighted by Crippen LogP contribution is -2.48. The van der Waals surface area contributed by atoms with E-state index in [0.717, 1.165) is 19.3 Å². The summed E-state index contributed by atoms with van der Waals surface area (Å²) in [6, 6.07) is 19.6. The van der Waals surface area contributed by atoms with Crippen molar-refractivity contribution in [3.8, 4) is 0 Å². The van der Waals surface area contributed by atoms with Crippen LogP contribution in [0.15, 0.2) is 54.6 Å². The smallest absolute Gasteiger partial charge is 0.0459 e. The number of aromatic amines is 1. The van der Waals surface area contributed by atoms with Gasteiger partial charge in [0.25, 0.3) is 0 Å². The van der Waals surface area contributed by atoms with Gasteiger partial charge in [0.15, 0.2) is 0 Å². The fourth-order valence-electron chi connectivity index (χ4n) is 5.30. The van der Waals surface area contributed by atoms with Crippen LogP contribution in [0.4, 0.5) is 0 Å². The van der Waals surface area contributed by atoms with E-state index in [4.69, 9.17) is 0 Å². The zero-order valence-electron chi connectivity index (χ0n) is 17.8. The van der Waals surface area contributed by atoms with Crippen LogP contribution in [-0.4, -0.2) is 41.2 Å². The molecule has 3 nitrogen and oxygen atoms in total. The molecular weight excluding hydrogens is 356 g/mol. The summed E-state index contributed by atoms with van der Waals surface area (Å²) in [5.74, 6) is 0.583. The lowest BCUT2D eigenvalue weighted by atomic mass is 9.71. The van der Waals surface area contributed by atoms with Gasteiger partial charge in [-0.05, 0) is 82.2 Å². The summed E-state index contributed by atoms with van der Waals surface area (Å²) in [6.45, 7) is 0.254. The molecule has 3 heteroatoms. The summed E-state index contributed by atoms with van der Waals surface area (Å²) in [7, 11) is 4.50. The van der Waals surface area contributed by atoms with Gasteiger partial charge in [0.05, 0.1) is 0 Å². The van der Waals surface area contributed by atoms with Crippen molar-refractivity contribution in [2.24, 2.45) is 0 Å². The summed E-state index contributed by atoms with van der Waals surface area (Å²) in [5.41, 5.74) is 5.78. The highest BCUT2D eigenvalue weighted by molar-refractivity contribution is 5.84. The molecule has 0 aliphatic heterocycles. The Morgan fingerprint density at radius 3 is 2.38 bits per heavy atom. The zero-order chi connectivity index (χ0) is 20.3. The van der Waals surface area contributed by atoms with Crippen LogP contribution >= 0.6 is 0 Å². The highest BCUT2D eigenvalue weighted by Crippen LogP contribution is 2.43. The molecule has 2 N–H and O–H groups in total. The molecular formula is C26H34N2O. The molecule has 154 valence electrons. The van der Waals surface area contributed by atoms with E-state index in [1.54, 1.807) is 0 Å². The normalized spacial score (nSPS) is 22.4. The van der Waals surface area contributed by atoms with E-state index in [1.807, 2.05) is 0 Å². The second kappa shape index (κ2) is 8.73. The molecule has 29 heavy (non-hydrogen) atoms. The first-order valence-corrected chi connectivity index (χ1v) is 11.0. The third-order valence-electron chi connectivity index (χ3n) is 7.08. The van der Waals surface area contributed by atoms with E-state index in [2.05, 4.69) is 78.6 Å². The van der Waals surface area contributed by atoms with Crippen molar-refractivity contribution in [2.75, 3.05) is 20.7 Å². The highest BCUT2D eigenvalue weighted by atomic mass is 16.2. The Balaban J connectivity index is 1.57. The number of nitrogens with zero attached hydrogens (tertiary/aromatic N) is 1. The van der Waals surface area contributed by atoms with Crippen LogP contribution in [-0.2, 0) is 12.8 Å². The van der Waals surface area contributed by atoms with Gasteiger partial charge >= 0.3 is 0 Å². The van der Waals surface area contributed by atoms with Crippen LogP contribution < -0.4 is 0 Å². The van der Waals surface area contributed by atoms with Crippen LogP contribution in [0.5, 0.6) is 0 Å². The minimum absolute atomic E-state index is 0.245. The summed E-state index contributed by atoms with van der Waals surface area (Å²) in [5, 5.41) is 10.7. The lowest BCUT2D eigenvalue weighted by Gasteiger charge is -2.45. The molecule has 0 amide bonds. The Hall–Kier alpha value is -2.10. The molecule has 0 unspecified atom stereocenters. The Bertz CT molecular complexity index is 920. The average molecular weight is 391 g/mol. The van der Waals surface area contributed by atoms with E-state index >= 15 is 0 Å². The number of aryl methyl sites for hydroxylation is 1. The summed E-state index contributed by atoms with van der Waals surface area (Å²) in [4.78, 5) is 6.22. The number of benzene rings is 2. The predicted molar refractivity (Wildman–Crippen MR) is 121 cm³/mol. The number of hydrogen-bond donors (Lipinski definition) is 2. The van der Waals surface area contributed by atoms with Gasteiger partial charge in [0.2, 0.25) is 0 Å². The van der Waals surface area contributed by atoms with E-state index in [9.17, 15) is 5.11 Å². The number of aliphatic hydroxyl groups is 1. The molecule has 1 saturated carbocycles. The molecule has 1 heterocycles. The maximum atomic E-state index is 9.39. The molecule has 3 aromatic rings. The topological polar surface area (TPSA) is 39.3 Å². The number of fused-ring (bicyclic) bond motifs is 1.